The van der Waals surface area contributed by atoms with Crippen LogP contribution in [0.2, 0.25) is 0 Å². The van der Waals surface area contributed by atoms with Crippen molar-refractivity contribution in [3.8, 4) is 0 Å². The Labute approximate surface area is 129 Å². The summed E-state index contributed by atoms with van der Waals surface area (Å²) < 4.78 is 0. The summed E-state index contributed by atoms with van der Waals surface area (Å²) in [5.41, 5.74) is 1.24. The molecule has 1 N–H and O–H groups in total. The van der Waals surface area contributed by atoms with E-state index in [4.69, 9.17) is 0 Å². The van der Waals surface area contributed by atoms with Crippen molar-refractivity contribution in [3.05, 3.63) is 22.4 Å². The van der Waals surface area contributed by atoms with Crippen LogP contribution in [0.5, 0.6) is 0 Å². The smallest absolute Gasteiger partial charge is 0.245 e. The largest absolute Gasteiger partial charge is 0.342 e. The van der Waals surface area contributed by atoms with Crippen LogP contribution < -0.4 is 5.32 Å². The lowest BCUT2D eigenvalue weighted by Gasteiger charge is -2.37. The number of hydrogen-bond donors (Lipinski definition) is 1. The van der Waals surface area contributed by atoms with Crippen molar-refractivity contribution in [2.75, 3.05) is 13.1 Å². The molecule has 4 nitrogen and oxygen atoms in total. The van der Waals surface area contributed by atoms with Gasteiger partial charge < -0.3 is 10.2 Å². The van der Waals surface area contributed by atoms with Crippen molar-refractivity contribution in [1.82, 2.24) is 10.2 Å². The molecule has 1 unspecified atom stereocenters. The van der Waals surface area contributed by atoms with Gasteiger partial charge in [-0.25, -0.2) is 0 Å². The minimum Gasteiger partial charge on any atom is -0.342 e. The van der Waals surface area contributed by atoms with Gasteiger partial charge >= 0.3 is 0 Å². The van der Waals surface area contributed by atoms with Gasteiger partial charge in [-0.2, -0.15) is 11.3 Å². The van der Waals surface area contributed by atoms with Gasteiger partial charge in [0.1, 0.15) is 6.04 Å². The van der Waals surface area contributed by atoms with E-state index in [0.717, 1.165) is 19.3 Å². The Morgan fingerprint density at radius 3 is 2.76 bits per heavy atom. The van der Waals surface area contributed by atoms with E-state index in [9.17, 15) is 9.59 Å². The van der Waals surface area contributed by atoms with Crippen LogP contribution >= 0.6 is 11.3 Å². The summed E-state index contributed by atoms with van der Waals surface area (Å²) in [6, 6.07) is 1.80. The summed E-state index contributed by atoms with van der Waals surface area (Å²) in [6.45, 7) is 0.860. The van der Waals surface area contributed by atoms with Crippen LogP contribution in [0.15, 0.2) is 16.8 Å². The molecule has 21 heavy (non-hydrogen) atoms. The molecule has 0 spiro atoms. The van der Waals surface area contributed by atoms with Gasteiger partial charge in [0.15, 0.2) is 0 Å². The molecule has 1 atom stereocenters. The fourth-order valence-corrected chi connectivity index (χ4v) is 4.11. The van der Waals surface area contributed by atoms with E-state index in [-0.39, 0.29) is 24.4 Å². The highest BCUT2D eigenvalue weighted by molar-refractivity contribution is 7.07. The zero-order valence-electron chi connectivity index (χ0n) is 12.2. The van der Waals surface area contributed by atoms with E-state index in [2.05, 4.69) is 16.8 Å². The third-order valence-corrected chi connectivity index (χ3v) is 5.33. The van der Waals surface area contributed by atoms with Gasteiger partial charge in [0, 0.05) is 6.54 Å². The Morgan fingerprint density at radius 2 is 2.05 bits per heavy atom. The first kappa shape index (κ1) is 14.6. The van der Waals surface area contributed by atoms with Crippen LogP contribution in [0, 0.1) is 5.92 Å². The normalized spacial score (nSPS) is 24.2. The van der Waals surface area contributed by atoms with Gasteiger partial charge in [-0.1, -0.05) is 19.3 Å². The van der Waals surface area contributed by atoms with E-state index < -0.39 is 0 Å². The molecule has 2 amide bonds. The molecular formula is C16H22N2O2S. The average Bonchev–Trinajstić information content (AvgIpc) is 3.02. The van der Waals surface area contributed by atoms with Crippen LogP contribution in [-0.2, 0) is 16.0 Å². The third-order valence-electron chi connectivity index (χ3n) is 4.60. The Morgan fingerprint density at radius 1 is 1.24 bits per heavy atom. The highest BCUT2D eigenvalue weighted by atomic mass is 32.1. The fraction of sp³-hybridized carbons (Fsp3) is 0.625. The monoisotopic (exact) mass is 306 g/mol. The summed E-state index contributed by atoms with van der Waals surface area (Å²) in [6.07, 6.45) is 6.58. The molecule has 0 bridgehead atoms. The zero-order chi connectivity index (χ0) is 14.7. The first-order valence-corrected chi connectivity index (χ1v) is 8.77. The van der Waals surface area contributed by atoms with E-state index in [0.29, 0.717) is 12.5 Å². The number of amides is 2. The van der Waals surface area contributed by atoms with Crippen molar-refractivity contribution < 1.29 is 9.59 Å². The summed E-state index contributed by atoms with van der Waals surface area (Å²) in [7, 11) is 0. The highest BCUT2D eigenvalue weighted by Crippen LogP contribution is 2.28. The van der Waals surface area contributed by atoms with Gasteiger partial charge in [0.25, 0.3) is 0 Å². The van der Waals surface area contributed by atoms with Crippen molar-refractivity contribution in [1.29, 1.82) is 0 Å². The van der Waals surface area contributed by atoms with Gasteiger partial charge in [0.2, 0.25) is 11.8 Å². The van der Waals surface area contributed by atoms with Crippen LogP contribution in [0.25, 0.3) is 0 Å². The maximum atomic E-state index is 12.6. The fourth-order valence-electron chi connectivity index (χ4n) is 3.40. The van der Waals surface area contributed by atoms with Crippen molar-refractivity contribution in [2.45, 2.75) is 44.6 Å². The van der Waals surface area contributed by atoms with E-state index in [1.54, 1.807) is 16.2 Å². The second-order valence-electron chi connectivity index (χ2n) is 6.08. The van der Waals surface area contributed by atoms with Crippen molar-refractivity contribution in [3.63, 3.8) is 0 Å². The molecule has 0 radical (unpaired) electrons. The molecular weight excluding hydrogens is 284 g/mol. The van der Waals surface area contributed by atoms with Gasteiger partial charge in [-0.15, -0.1) is 0 Å². The minimum absolute atomic E-state index is 0.00417. The van der Waals surface area contributed by atoms with Crippen LogP contribution in [0.3, 0.4) is 0 Å². The van der Waals surface area contributed by atoms with Gasteiger partial charge in [0.05, 0.1) is 6.54 Å². The first-order chi connectivity index (χ1) is 10.2. The molecule has 2 aliphatic rings. The van der Waals surface area contributed by atoms with Gasteiger partial charge in [-0.3, -0.25) is 9.59 Å². The lowest BCUT2D eigenvalue weighted by atomic mass is 9.82. The molecule has 2 heterocycles. The Balaban J connectivity index is 1.63. The molecule has 114 valence electrons. The second kappa shape index (κ2) is 6.60. The number of nitrogens with zero attached hydrogens (tertiary/aromatic N) is 1. The van der Waals surface area contributed by atoms with E-state index >= 15 is 0 Å². The van der Waals surface area contributed by atoms with E-state index in [1.165, 1.54) is 24.8 Å². The number of carbonyl (C=O) groups excluding carboxylic acids is 2. The molecule has 1 aliphatic carbocycles. The summed E-state index contributed by atoms with van der Waals surface area (Å²) >= 11 is 1.67. The number of rotatable bonds is 4. The highest BCUT2D eigenvalue weighted by Gasteiger charge is 2.37. The number of nitrogens with one attached hydrogen (secondary N) is 1. The number of thiophene rings is 1. The lowest BCUT2D eigenvalue weighted by Crippen LogP contribution is -2.60. The summed E-state index contributed by atoms with van der Waals surface area (Å²) in [4.78, 5) is 26.3. The SMILES string of the molecule is O=C1CN(CCc2ccsc2)C(=O)C(C2CCCCC2)N1. The van der Waals surface area contributed by atoms with E-state index in [1.807, 2.05) is 5.38 Å². The number of hydrogen-bond acceptors (Lipinski definition) is 3. The van der Waals surface area contributed by atoms with Crippen LogP contribution in [0.1, 0.15) is 37.7 Å². The quantitative estimate of drug-likeness (QED) is 0.927. The Hall–Kier alpha value is -1.36. The standard InChI is InChI=1S/C16H22N2O2S/c19-14-10-18(8-6-12-7-9-21-11-12)16(20)15(17-14)13-4-2-1-3-5-13/h7,9,11,13,15H,1-6,8,10H2,(H,17,19). The predicted octanol–water partition coefficient (Wildman–Crippen LogP) is 2.20. The van der Waals surface area contributed by atoms with Crippen molar-refractivity contribution >= 4 is 23.2 Å². The molecule has 5 heteroatoms. The molecule has 1 saturated carbocycles. The zero-order valence-corrected chi connectivity index (χ0v) is 13.0. The molecule has 3 rings (SSSR count). The molecule has 1 aliphatic heterocycles. The topological polar surface area (TPSA) is 49.4 Å². The molecule has 2 fully saturated rings. The summed E-state index contributed by atoms with van der Waals surface area (Å²) in [5.74, 6) is 0.450. The minimum atomic E-state index is -0.283. The molecule has 1 saturated heterocycles. The number of piperazine rings is 1. The lowest BCUT2D eigenvalue weighted by molar-refractivity contribution is -0.146. The number of carbonyl (C=O) groups is 2. The van der Waals surface area contributed by atoms with Crippen molar-refractivity contribution in [2.24, 2.45) is 5.92 Å². The Kier molecular flexibility index (Phi) is 4.58. The average molecular weight is 306 g/mol. The molecule has 0 aromatic carbocycles. The van der Waals surface area contributed by atoms with Crippen LogP contribution in [-0.4, -0.2) is 35.8 Å². The maximum absolute atomic E-state index is 12.6. The van der Waals surface area contributed by atoms with Crippen LogP contribution in [0.4, 0.5) is 0 Å². The predicted molar refractivity (Wildman–Crippen MR) is 83.1 cm³/mol. The van der Waals surface area contributed by atoms with Gasteiger partial charge in [-0.05, 0) is 47.6 Å². The Bertz CT molecular complexity index is 494. The first-order valence-electron chi connectivity index (χ1n) is 7.83. The summed E-state index contributed by atoms with van der Waals surface area (Å²) in [5, 5.41) is 7.08. The molecule has 1 aromatic rings. The maximum Gasteiger partial charge on any atom is 0.245 e. The third kappa shape index (κ3) is 3.46. The molecule has 1 aromatic heterocycles. The second-order valence-corrected chi connectivity index (χ2v) is 6.86.